The minimum atomic E-state index is -0.829. The van der Waals surface area contributed by atoms with Crippen molar-refractivity contribution in [1.29, 1.82) is 0 Å². The van der Waals surface area contributed by atoms with Crippen molar-refractivity contribution < 1.29 is 19.4 Å². The number of nitrogens with zero attached hydrogens (tertiary/aromatic N) is 3. The first-order valence-electron chi connectivity index (χ1n) is 11.8. The molecule has 4 rings (SSSR count). The molecule has 2 heterocycles. The molecule has 1 aliphatic rings. The molecule has 0 saturated heterocycles. The SMILES string of the molecule is CC(=O)c1cnc2ccc(-c3cc(F)c(O)c(Cl)c3)nc2c1NC1CCC(CN(C)CCO)CC1. The molecule has 0 amide bonds. The highest BCUT2D eigenvalue weighted by atomic mass is 35.5. The lowest BCUT2D eigenvalue weighted by Crippen LogP contribution is -2.33. The van der Waals surface area contributed by atoms with Gasteiger partial charge in [-0.2, -0.15) is 0 Å². The number of phenolic OH excluding ortho intramolecular Hbond substituents is 1. The number of hydrogen-bond donors (Lipinski definition) is 3. The third kappa shape index (κ3) is 5.72. The summed E-state index contributed by atoms with van der Waals surface area (Å²) in [5.74, 6) is -0.973. The number of fused-ring (bicyclic) bond motifs is 1. The number of pyridine rings is 2. The summed E-state index contributed by atoms with van der Waals surface area (Å²) in [6.07, 6.45) is 5.58. The quantitative estimate of drug-likeness (QED) is 0.379. The molecule has 0 unspecified atom stereocenters. The Morgan fingerprint density at radius 2 is 2.00 bits per heavy atom. The van der Waals surface area contributed by atoms with Crippen LogP contribution in [0.3, 0.4) is 0 Å². The molecule has 186 valence electrons. The van der Waals surface area contributed by atoms with Crippen LogP contribution in [0.5, 0.6) is 5.75 Å². The normalized spacial score (nSPS) is 18.2. The summed E-state index contributed by atoms with van der Waals surface area (Å²) in [6.45, 7) is 3.29. The van der Waals surface area contributed by atoms with Gasteiger partial charge in [0, 0.05) is 30.9 Å². The molecule has 1 fully saturated rings. The number of ketones is 1. The number of anilines is 1. The van der Waals surface area contributed by atoms with Gasteiger partial charge in [0.25, 0.3) is 0 Å². The van der Waals surface area contributed by atoms with Crippen LogP contribution in [-0.4, -0.2) is 63.7 Å². The number of rotatable bonds is 8. The second-order valence-corrected chi connectivity index (χ2v) is 9.71. The van der Waals surface area contributed by atoms with Gasteiger partial charge >= 0.3 is 0 Å². The number of carbonyl (C=O) groups excluding carboxylic acids is 1. The van der Waals surface area contributed by atoms with E-state index in [1.807, 2.05) is 7.05 Å². The van der Waals surface area contributed by atoms with E-state index in [2.05, 4.69) is 15.2 Å². The number of aromatic hydroxyl groups is 1. The van der Waals surface area contributed by atoms with Gasteiger partial charge in [-0.25, -0.2) is 9.37 Å². The van der Waals surface area contributed by atoms with Gasteiger partial charge in [-0.05, 0) is 69.8 Å². The molecular formula is C26H30ClFN4O3. The van der Waals surface area contributed by atoms with Gasteiger partial charge in [-0.1, -0.05) is 11.6 Å². The Balaban J connectivity index is 1.63. The fourth-order valence-electron chi connectivity index (χ4n) is 4.75. The number of aromatic nitrogens is 2. The lowest BCUT2D eigenvalue weighted by Gasteiger charge is -2.32. The van der Waals surface area contributed by atoms with Crippen LogP contribution >= 0.6 is 11.6 Å². The van der Waals surface area contributed by atoms with Crippen molar-refractivity contribution in [3.8, 4) is 17.0 Å². The molecule has 3 N–H and O–H groups in total. The fraction of sp³-hybridized carbons (Fsp3) is 0.423. The van der Waals surface area contributed by atoms with Gasteiger partial charge < -0.3 is 20.4 Å². The highest BCUT2D eigenvalue weighted by molar-refractivity contribution is 6.32. The second-order valence-electron chi connectivity index (χ2n) is 9.30. The van der Waals surface area contributed by atoms with Crippen LogP contribution in [0, 0.1) is 11.7 Å². The van der Waals surface area contributed by atoms with Gasteiger partial charge in [-0.3, -0.25) is 9.78 Å². The van der Waals surface area contributed by atoms with Crippen LogP contribution in [0.25, 0.3) is 22.3 Å². The summed E-state index contributed by atoms with van der Waals surface area (Å²) in [6, 6.07) is 6.31. The number of likely N-dealkylation sites (N-methyl/N-ethyl adjacent to an activating group) is 1. The molecule has 2 aromatic heterocycles. The van der Waals surface area contributed by atoms with Crippen molar-refractivity contribution in [3.63, 3.8) is 0 Å². The fourth-order valence-corrected chi connectivity index (χ4v) is 4.96. The number of halogens is 2. The summed E-state index contributed by atoms with van der Waals surface area (Å²) in [4.78, 5) is 23.7. The van der Waals surface area contributed by atoms with Crippen molar-refractivity contribution in [3.05, 3.63) is 46.9 Å². The molecule has 0 radical (unpaired) electrons. The molecule has 1 saturated carbocycles. The summed E-state index contributed by atoms with van der Waals surface area (Å²) >= 11 is 5.97. The first-order chi connectivity index (χ1) is 16.8. The molecule has 9 heteroatoms. The summed E-state index contributed by atoms with van der Waals surface area (Å²) < 4.78 is 14.1. The van der Waals surface area contributed by atoms with Crippen LogP contribution < -0.4 is 5.32 Å². The topological polar surface area (TPSA) is 98.6 Å². The minimum Gasteiger partial charge on any atom is -0.504 e. The smallest absolute Gasteiger partial charge is 0.170 e. The largest absolute Gasteiger partial charge is 0.504 e. The molecule has 1 aromatic carbocycles. The highest BCUT2D eigenvalue weighted by Gasteiger charge is 2.24. The van der Waals surface area contributed by atoms with E-state index >= 15 is 0 Å². The van der Waals surface area contributed by atoms with Crippen LogP contribution in [-0.2, 0) is 0 Å². The molecule has 0 atom stereocenters. The molecular weight excluding hydrogens is 471 g/mol. The summed E-state index contributed by atoms with van der Waals surface area (Å²) in [5.41, 5.74) is 3.12. The third-order valence-corrected chi connectivity index (χ3v) is 6.94. The average molecular weight is 501 g/mol. The molecule has 0 bridgehead atoms. The van der Waals surface area contributed by atoms with E-state index in [-0.39, 0.29) is 23.5 Å². The van der Waals surface area contributed by atoms with Gasteiger partial charge in [0.2, 0.25) is 0 Å². The molecule has 7 nitrogen and oxygen atoms in total. The number of Topliss-reactive ketones (excluding diaryl/α,β-unsaturated/α-hetero) is 1. The summed E-state index contributed by atoms with van der Waals surface area (Å²) in [7, 11) is 2.03. The van der Waals surface area contributed by atoms with E-state index in [1.54, 1.807) is 18.3 Å². The van der Waals surface area contributed by atoms with Crippen molar-refractivity contribution >= 4 is 34.1 Å². The van der Waals surface area contributed by atoms with E-state index in [0.717, 1.165) is 32.2 Å². The van der Waals surface area contributed by atoms with Gasteiger partial charge in [0.1, 0.15) is 5.52 Å². The van der Waals surface area contributed by atoms with Crippen molar-refractivity contribution in [2.45, 2.75) is 38.6 Å². The summed E-state index contributed by atoms with van der Waals surface area (Å²) in [5, 5.41) is 22.3. The zero-order valence-electron chi connectivity index (χ0n) is 19.9. The van der Waals surface area contributed by atoms with E-state index in [4.69, 9.17) is 21.7 Å². The van der Waals surface area contributed by atoms with E-state index < -0.39 is 11.6 Å². The third-order valence-electron chi connectivity index (χ3n) is 6.65. The Kier molecular flexibility index (Phi) is 7.84. The Morgan fingerprint density at radius 3 is 2.66 bits per heavy atom. The number of aliphatic hydroxyl groups excluding tert-OH is 1. The van der Waals surface area contributed by atoms with Crippen molar-refractivity contribution in [2.24, 2.45) is 5.92 Å². The Morgan fingerprint density at radius 1 is 1.26 bits per heavy atom. The van der Waals surface area contributed by atoms with Crippen LogP contribution in [0.2, 0.25) is 5.02 Å². The van der Waals surface area contributed by atoms with Gasteiger partial charge in [0.05, 0.1) is 34.1 Å². The molecule has 1 aliphatic carbocycles. The standard InChI is InChI=1S/C26H30ClFN4O3/c1-15(34)19-13-29-23-8-7-22(17-11-20(27)26(35)21(28)12-17)31-25(23)24(19)30-18-5-3-16(4-6-18)14-32(2)9-10-33/h7-8,11-13,16,18,33,35H,3-6,9-10,14H2,1-2H3,(H,29,30). The second kappa shape index (κ2) is 10.8. The van der Waals surface area contributed by atoms with E-state index in [9.17, 15) is 14.3 Å². The number of carbonyl (C=O) groups is 1. The molecule has 0 aliphatic heterocycles. The lowest BCUT2D eigenvalue weighted by atomic mass is 9.85. The zero-order valence-corrected chi connectivity index (χ0v) is 20.6. The molecule has 3 aromatic rings. The van der Waals surface area contributed by atoms with Crippen LogP contribution in [0.1, 0.15) is 43.0 Å². The molecule has 0 spiro atoms. The number of benzene rings is 1. The van der Waals surface area contributed by atoms with Gasteiger partial charge in [0.15, 0.2) is 17.3 Å². The maximum Gasteiger partial charge on any atom is 0.170 e. The number of aliphatic hydroxyl groups is 1. The van der Waals surface area contributed by atoms with E-state index in [1.165, 1.54) is 19.1 Å². The lowest BCUT2D eigenvalue weighted by molar-refractivity contribution is 0.101. The van der Waals surface area contributed by atoms with Crippen LogP contribution in [0.15, 0.2) is 30.5 Å². The van der Waals surface area contributed by atoms with Crippen molar-refractivity contribution in [1.82, 2.24) is 14.9 Å². The van der Waals surface area contributed by atoms with Gasteiger partial charge in [-0.15, -0.1) is 0 Å². The average Bonchev–Trinajstić information content (AvgIpc) is 2.83. The number of phenols is 1. The molecule has 35 heavy (non-hydrogen) atoms. The maximum absolute atomic E-state index is 14.1. The predicted molar refractivity (Wildman–Crippen MR) is 136 cm³/mol. The van der Waals surface area contributed by atoms with Crippen LogP contribution in [0.4, 0.5) is 10.1 Å². The Bertz CT molecular complexity index is 1210. The highest BCUT2D eigenvalue weighted by Crippen LogP contribution is 2.35. The zero-order chi connectivity index (χ0) is 25.1. The maximum atomic E-state index is 14.1. The van der Waals surface area contributed by atoms with E-state index in [0.29, 0.717) is 46.0 Å². The first-order valence-corrected chi connectivity index (χ1v) is 12.2. The Hall–Kier alpha value is -2.81. The Labute approximate surface area is 209 Å². The predicted octanol–water partition coefficient (Wildman–Crippen LogP) is 4.89. The minimum absolute atomic E-state index is 0.0998. The monoisotopic (exact) mass is 500 g/mol. The number of hydrogen-bond acceptors (Lipinski definition) is 7. The van der Waals surface area contributed by atoms with Crippen molar-refractivity contribution in [2.75, 3.05) is 32.1 Å². The first kappa shape index (κ1) is 25.3. The number of nitrogens with one attached hydrogen (secondary N) is 1.